The summed E-state index contributed by atoms with van der Waals surface area (Å²) in [7, 11) is -3.45. The largest absolute Gasteiger partial charge is 0.486 e. The third kappa shape index (κ3) is 4.09. The molecule has 6 nitrogen and oxygen atoms in total. The van der Waals surface area contributed by atoms with Crippen LogP contribution in [0.15, 0.2) is 23.1 Å². The minimum Gasteiger partial charge on any atom is -0.486 e. The van der Waals surface area contributed by atoms with Gasteiger partial charge in [-0.2, -0.15) is 0 Å². The molecule has 1 aromatic rings. The molecule has 0 radical (unpaired) electrons. The topological polar surface area (TPSA) is 84.9 Å². The predicted octanol–water partition coefficient (Wildman–Crippen LogP) is 0.592. The van der Waals surface area contributed by atoms with Crippen LogP contribution < -0.4 is 14.8 Å². The fourth-order valence-electron chi connectivity index (χ4n) is 2.27. The van der Waals surface area contributed by atoms with Crippen LogP contribution in [0, 0.1) is 0 Å². The first-order chi connectivity index (χ1) is 10.1. The van der Waals surface area contributed by atoms with Crippen LogP contribution in [0.1, 0.15) is 13.3 Å². The number of aliphatic hydroxyl groups excluding tert-OH is 1. The van der Waals surface area contributed by atoms with E-state index < -0.39 is 9.84 Å². The van der Waals surface area contributed by atoms with Gasteiger partial charge >= 0.3 is 0 Å². The maximum atomic E-state index is 12.5. The van der Waals surface area contributed by atoms with Gasteiger partial charge < -0.3 is 19.9 Å². The van der Waals surface area contributed by atoms with E-state index in [0.29, 0.717) is 37.7 Å². The Labute approximate surface area is 125 Å². The van der Waals surface area contributed by atoms with Crippen molar-refractivity contribution in [3.05, 3.63) is 18.2 Å². The van der Waals surface area contributed by atoms with E-state index in [1.54, 1.807) is 6.07 Å². The van der Waals surface area contributed by atoms with Crippen LogP contribution in [0.2, 0.25) is 0 Å². The second-order valence-corrected chi connectivity index (χ2v) is 6.89. The van der Waals surface area contributed by atoms with Crippen molar-refractivity contribution in [2.45, 2.75) is 24.3 Å². The molecule has 21 heavy (non-hydrogen) atoms. The summed E-state index contributed by atoms with van der Waals surface area (Å²) in [6.45, 7) is 3.40. The molecule has 1 aromatic carbocycles. The number of benzene rings is 1. The number of fused-ring (bicyclic) bond motifs is 1. The van der Waals surface area contributed by atoms with Gasteiger partial charge in [0.1, 0.15) is 13.2 Å². The molecule has 2 rings (SSSR count). The molecular formula is C14H21NO5S. The van der Waals surface area contributed by atoms with Gasteiger partial charge in [-0.25, -0.2) is 8.42 Å². The molecular weight excluding hydrogens is 294 g/mol. The van der Waals surface area contributed by atoms with E-state index in [4.69, 9.17) is 14.6 Å². The highest BCUT2D eigenvalue weighted by molar-refractivity contribution is 7.91. The lowest BCUT2D eigenvalue weighted by molar-refractivity contribution is 0.171. The van der Waals surface area contributed by atoms with E-state index in [1.165, 1.54) is 12.1 Å². The Kier molecular flexibility index (Phi) is 5.44. The molecule has 0 bridgehead atoms. The summed E-state index contributed by atoms with van der Waals surface area (Å²) < 4.78 is 35.7. The van der Waals surface area contributed by atoms with Gasteiger partial charge in [-0.05, 0) is 25.1 Å². The van der Waals surface area contributed by atoms with E-state index in [9.17, 15) is 8.42 Å². The first kappa shape index (κ1) is 16.1. The summed E-state index contributed by atoms with van der Waals surface area (Å²) in [5, 5.41) is 12.1. The Morgan fingerprint density at radius 3 is 2.67 bits per heavy atom. The molecule has 1 atom stereocenters. The van der Waals surface area contributed by atoms with Crippen molar-refractivity contribution < 1.29 is 23.0 Å². The van der Waals surface area contributed by atoms with Crippen molar-refractivity contribution in [2.24, 2.45) is 0 Å². The minimum atomic E-state index is -3.45. The van der Waals surface area contributed by atoms with Gasteiger partial charge in [-0.3, -0.25) is 0 Å². The van der Waals surface area contributed by atoms with Crippen molar-refractivity contribution in [1.29, 1.82) is 0 Å². The molecule has 0 aromatic heterocycles. The van der Waals surface area contributed by atoms with Crippen LogP contribution in [0.3, 0.4) is 0 Å². The average Bonchev–Trinajstić information content (AvgIpc) is 2.47. The minimum absolute atomic E-state index is 0.0473. The number of sulfone groups is 1. The molecule has 0 saturated carbocycles. The van der Waals surface area contributed by atoms with E-state index in [2.05, 4.69) is 5.32 Å². The van der Waals surface area contributed by atoms with Gasteiger partial charge in [0.2, 0.25) is 0 Å². The average molecular weight is 315 g/mol. The highest BCUT2D eigenvalue weighted by Crippen LogP contribution is 2.32. The third-order valence-corrected chi connectivity index (χ3v) is 5.08. The van der Waals surface area contributed by atoms with Gasteiger partial charge in [0, 0.05) is 18.7 Å². The second-order valence-electron chi connectivity index (χ2n) is 4.85. The zero-order valence-corrected chi connectivity index (χ0v) is 12.9. The molecule has 1 aliphatic heterocycles. The highest BCUT2D eigenvalue weighted by Gasteiger charge is 2.23. The zero-order chi connectivity index (χ0) is 15.3. The van der Waals surface area contributed by atoms with Crippen molar-refractivity contribution in [3.8, 4) is 11.5 Å². The van der Waals surface area contributed by atoms with Crippen molar-refractivity contribution in [2.75, 3.05) is 32.1 Å². The summed E-state index contributed by atoms with van der Waals surface area (Å²) >= 11 is 0. The second kappa shape index (κ2) is 7.11. The quantitative estimate of drug-likeness (QED) is 0.766. The van der Waals surface area contributed by atoms with Crippen LogP contribution in [-0.2, 0) is 9.84 Å². The Hall–Kier alpha value is -1.31. The van der Waals surface area contributed by atoms with Crippen LogP contribution in [0.5, 0.6) is 11.5 Å². The van der Waals surface area contributed by atoms with Crippen LogP contribution in [0.25, 0.3) is 0 Å². The number of ether oxygens (including phenoxy) is 2. The molecule has 1 aliphatic rings. The number of rotatable bonds is 7. The molecule has 0 spiro atoms. The van der Waals surface area contributed by atoms with Crippen LogP contribution in [-0.4, -0.2) is 51.7 Å². The smallest absolute Gasteiger partial charge is 0.180 e. The monoisotopic (exact) mass is 315 g/mol. The van der Waals surface area contributed by atoms with E-state index in [1.807, 2.05) is 6.92 Å². The lowest BCUT2D eigenvalue weighted by Crippen LogP contribution is -2.36. The Balaban J connectivity index is 2.18. The normalized spacial score (nSPS) is 15.7. The lowest BCUT2D eigenvalue weighted by Gasteiger charge is -2.20. The number of nitrogens with one attached hydrogen (secondary N) is 1. The van der Waals surface area contributed by atoms with Gasteiger partial charge in [0.25, 0.3) is 0 Å². The van der Waals surface area contributed by atoms with E-state index >= 15 is 0 Å². The van der Waals surface area contributed by atoms with Gasteiger partial charge in [-0.15, -0.1) is 0 Å². The summed E-state index contributed by atoms with van der Waals surface area (Å²) in [4.78, 5) is 0.215. The predicted molar refractivity (Wildman–Crippen MR) is 78.7 cm³/mol. The molecule has 0 saturated heterocycles. The summed E-state index contributed by atoms with van der Waals surface area (Å²) in [5.74, 6) is 0.976. The summed E-state index contributed by atoms with van der Waals surface area (Å²) in [5.41, 5.74) is 0. The Morgan fingerprint density at radius 2 is 2.00 bits per heavy atom. The molecule has 7 heteroatoms. The molecule has 1 unspecified atom stereocenters. The standard InChI is InChI=1S/C14H21NO5S/c1-2-15-11(5-6-16)10-21(17,18)12-3-4-13-14(9-12)20-8-7-19-13/h3-4,9,11,15-16H,2,5-8,10H2,1H3. The van der Waals surface area contributed by atoms with Crippen molar-refractivity contribution in [1.82, 2.24) is 5.32 Å². The summed E-state index contributed by atoms with van der Waals surface area (Å²) in [6.07, 6.45) is 0.400. The van der Waals surface area contributed by atoms with Crippen LogP contribution in [0.4, 0.5) is 0 Å². The number of hydrogen-bond acceptors (Lipinski definition) is 6. The molecule has 0 aliphatic carbocycles. The molecule has 2 N–H and O–H groups in total. The van der Waals surface area contributed by atoms with Gasteiger partial charge in [-0.1, -0.05) is 6.92 Å². The highest BCUT2D eigenvalue weighted by atomic mass is 32.2. The van der Waals surface area contributed by atoms with Crippen molar-refractivity contribution in [3.63, 3.8) is 0 Å². The van der Waals surface area contributed by atoms with Gasteiger partial charge in [0.15, 0.2) is 21.3 Å². The number of aliphatic hydroxyl groups is 1. The molecule has 118 valence electrons. The SMILES string of the molecule is CCNC(CCO)CS(=O)(=O)c1ccc2c(c1)OCCO2. The third-order valence-electron chi connectivity index (χ3n) is 3.26. The lowest BCUT2D eigenvalue weighted by atomic mass is 10.2. The fourth-order valence-corrected chi connectivity index (χ4v) is 3.84. The van der Waals surface area contributed by atoms with E-state index in [-0.39, 0.29) is 23.3 Å². The first-order valence-corrected chi connectivity index (χ1v) is 8.68. The van der Waals surface area contributed by atoms with Crippen LogP contribution >= 0.6 is 0 Å². The molecule has 0 amide bonds. The Bertz CT molecular complexity index is 567. The fraction of sp³-hybridized carbons (Fsp3) is 0.571. The Morgan fingerprint density at radius 1 is 1.29 bits per heavy atom. The summed E-state index contributed by atoms with van der Waals surface area (Å²) in [6, 6.07) is 4.39. The number of hydrogen-bond donors (Lipinski definition) is 2. The zero-order valence-electron chi connectivity index (χ0n) is 12.0. The first-order valence-electron chi connectivity index (χ1n) is 7.03. The maximum absolute atomic E-state index is 12.5. The maximum Gasteiger partial charge on any atom is 0.180 e. The van der Waals surface area contributed by atoms with E-state index in [0.717, 1.165) is 0 Å². The molecule has 1 heterocycles. The van der Waals surface area contributed by atoms with Gasteiger partial charge in [0.05, 0.1) is 10.6 Å². The molecule has 0 fully saturated rings. The van der Waals surface area contributed by atoms with Crippen molar-refractivity contribution >= 4 is 9.84 Å².